The molecule has 2 saturated heterocycles. The molecule has 1 atom stereocenters. The van der Waals surface area contributed by atoms with Gasteiger partial charge >= 0.3 is 0 Å². The van der Waals surface area contributed by atoms with Crippen LogP contribution < -0.4 is 5.73 Å². The fourth-order valence-corrected chi connectivity index (χ4v) is 3.24. The number of ether oxygens (including phenoxy) is 1. The molecule has 82 valence electrons. The summed E-state index contributed by atoms with van der Waals surface area (Å²) in [7, 11) is 0. The predicted molar refractivity (Wildman–Crippen MR) is 60.7 cm³/mol. The molecule has 2 fully saturated rings. The summed E-state index contributed by atoms with van der Waals surface area (Å²) in [5.41, 5.74) is 6.09. The normalized spacial score (nSPS) is 35.8. The van der Waals surface area contributed by atoms with Crippen LogP contribution in [0.5, 0.6) is 0 Å². The van der Waals surface area contributed by atoms with Crippen molar-refractivity contribution in [1.29, 1.82) is 0 Å². The number of rotatable bonds is 2. The maximum atomic E-state index is 5.92. The van der Waals surface area contributed by atoms with E-state index in [4.69, 9.17) is 10.5 Å². The van der Waals surface area contributed by atoms with Gasteiger partial charge in [-0.25, -0.2) is 0 Å². The highest BCUT2D eigenvalue weighted by molar-refractivity contribution is 7.99. The van der Waals surface area contributed by atoms with E-state index in [0.717, 1.165) is 26.2 Å². The SMILES string of the molecule is NCC1(N2CCCSCC2)CCOC1. The first-order valence-corrected chi connectivity index (χ1v) is 6.63. The highest BCUT2D eigenvalue weighted by Gasteiger charge is 2.39. The summed E-state index contributed by atoms with van der Waals surface area (Å²) in [5.74, 6) is 2.56. The molecule has 2 N–H and O–H groups in total. The minimum absolute atomic E-state index is 0.172. The standard InChI is InChI=1S/C10H20N2OS/c11-8-10(2-5-13-9-10)12-3-1-6-14-7-4-12/h1-9,11H2. The third-order valence-electron chi connectivity index (χ3n) is 3.36. The molecule has 0 saturated carbocycles. The largest absolute Gasteiger partial charge is 0.379 e. The summed E-state index contributed by atoms with van der Waals surface area (Å²) >= 11 is 2.06. The Morgan fingerprint density at radius 3 is 3.00 bits per heavy atom. The smallest absolute Gasteiger partial charge is 0.0663 e. The van der Waals surface area contributed by atoms with Crippen molar-refractivity contribution in [2.75, 3.05) is 44.4 Å². The second-order valence-corrected chi connectivity index (χ2v) is 5.41. The van der Waals surface area contributed by atoms with Crippen molar-refractivity contribution in [3.8, 4) is 0 Å². The molecule has 0 radical (unpaired) electrons. The molecular weight excluding hydrogens is 196 g/mol. The van der Waals surface area contributed by atoms with E-state index in [9.17, 15) is 0 Å². The highest BCUT2D eigenvalue weighted by atomic mass is 32.2. The first kappa shape index (κ1) is 10.7. The molecule has 14 heavy (non-hydrogen) atoms. The predicted octanol–water partition coefficient (Wildman–Crippen LogP) is 0.543. The topological polar surface area (TPSA) is 38.5 Å². The number of thioether (sulfide) groups is 1. The first-order valence-electron chi connectivity index (χ1n) is 5.48. The average molecular weight is 216 g/mol. The Morgan fingerprint density at radius 1 is 1.36 bits per heavy atom. The summed E-state index contributed by atoms with van der Waals surface area (Å²) in [6, 6.07) is 0. The van der Waals surface area contributed by atoms with Gasteiger partial charge in [0.05, 0.1) is 12.1 Å². The van der Waals surface area contributed by atoms with Crippen molar-refractivity contribution < 1.29 is 4.74 Å². The van der Waals surface area contributed by atoms with Crippen LogP contribution in [0.15, 0.2) is 0 Å². The van der Waals surface area contributed by atoms with E-state index >= 15 is 0 Å². The molecule has 3 nitrogen and oxygen atoms in total. The van der Waals surface area contributed by atoms with Gasteiger partial charge in [0.25, 0.3) is 0 Å². The zero-order valence-electron chi connectivity index (χ0n) is 8.71. The molecule has 1 unspecified atom stereocenters. The monoisotopic (exact) mass is 216 g/mol. The van der Waals surface area contributed by atoms with E-state index in [1.807, 2.05) is 0 Å². The summed E-state index contributed by atoms with van der Waals surface area (Å²) in [6.07, 6.45) is 2.42. The molecule has 2 aliphatic heterocycles. The number of hydrogen-bond acceptors (Lipinski definition) is 4. The van der Waals surface area contributed by atoms with Crippen LogP contribution in [0.2, 0.25) is 0 Å². The number of nitrogens with two attached hydrogens (primary N) is 1. The van der Waals surface area contributed by atoms with Gasteiger partial charge in [-0.2, -0.15) is 11.8 Å². The molecule has 0 aliphatic carbocycles. The van der Waals surface area contributed by atoms with E-state index in [0.29, 0.717) is 0 Å². The molecule has 2 heterocycles. The summed E-state index contributed by atoms with van der Waals surface area (Å²) in [5, 5.41) is 0. The third kappa shape index (κ3) is 2.08. The van der Waals surface area contributed by atoms with Gasteiger partial charge in [0, 0.05) is 25.4 Å². The Bertz CT molecular complexity index is 175. The average Bonchev–Trinajstić information content (AvgIpc) is 2.54. The van der Waals surface area contributed by atoms with Gasteiger partial charge in [-0.15, -0.1) is 0 Å². The van der Waals surface area contributed by atoms with Gasteiger partial charge in [-0.3, -0.25) is 4.90 Å². The Hall–Kier alpha value is 0.230. The van der Waals surface area contributed by atoms with Crippen molar-refractivity contribution in [2.24, 2.45) is 5.73 Å². The van der Waals surface area contributed by atoms with Crippen LogP contribution in [-0.2, 0) is 4.74 Å². The van der Waals surface area contributed by atoms with Crippen LogP contribution >= 0.6 is 11.8 Å². The Balaban J connectivity index is 2.01. The zero-order valence-corrected chi connectivity index (χ0v) is 9.52. The summed E-state index contributed by atoms with van der Waals surface area (Å²) in [6.45, 7) is 4.87. The fraction of sp³-hybridized carbons (Fsp3) is 1.00. The van der Waals surface area contributed by atoms with E-state index in [1.165, 1.54) is 31.0 Å². The molecule has 2 aliphatic rings. The highest BCUT2D eigenvalue weighted by Crippen LogP contribution is 2.27. The molecular formula is C10H20N2OS. The maximum absolute atomic E-state index is 5.92. The lowest BCUT2D eigenvalue weighted by atomic mass is 9.96. The quantitative estimate of drug-likeness (QED) is 0.731. The fourth-order valence-electron chi connectivity index (χ4n) is 2.36. The molecule has 0 aromatic rings. The van der Waals surface area contributed by atoms with Crippen molar-refractivity contribution in [3.05, 3.63) is 0 Å². The second-order valence-electron chi connectivity index (χ2n) is 4.18. The first-order chi connectivity index (χ1) is 6.87. The van der Waals surface area contributed by atoms with Crippen molar-refractivity contribution >= 4 is 11.8 Å². The van der Waals surface area contributed by atoms with E-state index < -0.39 is 0 Å². The van der Waals surface area contributed by atoms with Gasteiger partial charge in [0.15, 0.2) is 0 Å². The maximum Gasteiger partial charge on any atom is 0.0663 e. The van der Waals surface area contributed by atoms with Gasteiger partial charge in [0.2, 0.25) is 0 Å². The van der Waals surface area contributed by atoms with Crippen molar-refractivity contribution in [1.82, 2.24) is 4.90 Å². The minimum Gasteiger partial charge on any atom is -0.379 e. The van der Waals surface area contributed by atoms with Crippen LogP contribution in [0.4, 0.5) is 0 Å². The molecule has 0 aromatic heterocycles. The summed E-state index contributed by atoms with van der Waals surface area (Å²) in [4.78, 5) is 2.57. The van der Waals surface area contributed by atoms with Gasteiger partial charge in [0.1, 0.15) is 0 Å². The lowest BCUT2D eigenvalue weighted by Gasteiger charge is -2.38. The third-order valence-corrected chi connectivity index (χ3v) is 4.40. The van der Waals surface area contributed by atoms with Crippen LogP contribution in [0.1, 0.15) is 12.8 Å². The number of nitrogens with zero attached hydrogens (tertiary/aromatic N) is 1. The Morgan fingerprint density at radius 2 is 2.29 bits per heavy atom. The molecule has 4 heteroatoms. The lowest BCUT2D eigenvalue weighted by Crippen LogP contribution is -2.55. The molecule has 0 aromatic carbocycles. The Kier molecular flexibility index (Phi) is 3.71. The van der Waals surface area contributed by atoms with Crippen LogP contribution in [0, 0.1) is 0 Å². The Labute approximate surface area is 90.3 Å². The van der Waals surface area contributed by atoms with Crippen molar-refractivity contribution in [2.45, 2.75) is 18.4 Å². The van der Waals surface area contributed by atoms with Crippen molar-refractivity contribution in [3.63, 3.8) is 0 Å². The molecule has 0 spiro atoms. The minimum atomic E-state index is 0.172. The molecule has 0 bridgehead atoms. The number of hydrogen-bond donors (Lipinski definition) is 1. The molecule has 2 rings (SSSR count). The zero-order chi connectivity index (χ0) is 9.86. The van der Waals surface area contributed by atoms with Gasteiger partial charge < -0.3 is 10.5 Å². The second kappa shape index (κ2) is 4.84. The van der Waals surface area contributed by atoms with E-state index in [-0.39, 0.29) is 5.54 Å². The van der Waals surface area contributed by atoms with Crippen LogP contribution in [-0.4, -0.2) is 54.8 Å². The molecule has 0 amide bonds. The van der Waals surface area contributed by atoms with E-state index in [2.05, 4.69) is 16.7 Å². The van der Waals surface area contributed by atoms with Gasteiger partial charge in [-0.1, -0.05) is 0 Å². The van der Waals surface area contributed by atoms with Gasteiger partial charge in [-0.05, 0) is 25.1 Å². The van der Waals surface area contributed by atoms with E-state index in [1.54, 1.807) is 0 Å². The lowest BCUT2D eigenvalue weighted by molar-refractivity contribution is 0.0785. The summed E-state index contributed by atoms with van der Waals surface area (Å²) < 4.78 is 5.52. The van der Waals surface area contributed by atoms with Crippen LogP contribution in [0.3, 0.4) is 0 Å². The van der Waals surface area contributed by atoms with Crippen LogP contribution in [0.25, 0.3) is 0 Å².